The summed E-state index contributed by atoms with van der Waals surface area (Å²) in [6, 6.07) is 13.1. The predicted octanol–water partition coefficient (Wildman–Crippen LogP) is 2.76. The first-order chi connectivity index (χ1) is 15.4. The fraction of sp³-hybridized carbons (Fsp3) is 0.304. The monoisotopic (exact) mass is 435 g/mol. The van der Waals surface area contributed by atoms with E-state index in [2.05, 4.69) is 34.0 Å². The maximum atomic E-state index is 12.8. The number of urea groups is 1. The molecular weight excluding hydrogens is 410 g/mol. The first-order valence-electron chi connectivity index (χ1n) is 10.4. The Morgan fingerprint density at radius 3 is 2.56 bits per heavy atom. The van der Waals surface area contributed by atoms with Gasteiger partial charge < -0.3 is 19.9 Å². The number of fused-ring (bicyclic) bond motifs is 1. The zero-order valence-corrected chi connectivity index (χ0v) is 18.2. The zero-order valence-electron chi connectivity index (χ0n) is 18.2. The highest BCUT2D eigenvalue weighted by atomic mass is 16.5. The summed E-state index contributed by atoms with van der Waals surface area (Å²) < 4.78 is 7.17. The Bertz CT molecular complexity index is 1170. The van der Waals surface area contributed by atoms with Crippen molar-refractivity contribution in [3.63, 3.8) is 0 Å². The number of nitrogens with zero attached hydrogens (tertiary/aromatic N) is 3. The van der Waals surface area contributed by atoms with E-state index in [1.165, 1.54) is 7.11 Å². The third-order valence-corrected chi connectivity index (χ3v) is 5.37. The molecule has 2 aromatic carbocycles. The van der Waals surface area contributed by atoms with Crippen LogP contribution in [-0.2, 0) is 16.1 Å². The van der Waals surface area contributed by atoms with E-state index in [-0.39, 0.29) is 24.9 Å². The molecule has 4 rings (SSSR count). The van der Waals surface area contributed by atoms with Gasteiger partial charge in [0.15, 0.2) is 0 Å². The van der Waals surface area contributed by atoms with Crippen LogP contribution in [0.1, 0.15) is 32.1 Å². The van der Waals surface area contributed by atoms with E-state index in [1.807, 2.05) is 24.3 Å². The zero-order chi connectivity index (χ0) is 22.8. The van der Waals surface area contributed by atoms with Crippen molar-refractivity contribution in [1.82, 2.24) is 20.2 Å². The predicted molar refractivity (Wildman–Crippen MR) is 119 cm³/mol. The summed E-state index contributed by atoms with van der Waals surface area (Å²) in [5.74, 6) is 0.535. The molecule has 1 atom stereocenters. The second-order valence-electron chi connectivity index (χ2n) is 7.84. The van der Waals surface area contributed by atoms with Crippen LogP contribution in [0.4, 0.5) is 10.5 Å². The molecule has 0 bridgehead atoms. The number of rotatable bonds is 7. The van der Waals surface area contributed by atoms with Crippen molar-refractivity contribution in [2.75, 3.05) is 12.0 Å². The van der Waals surface area contributed by atoms with Crippen molar-refractivity contribution in [3.8, 4) is 5.75 Å². The number of aromatic nitrogens is 2. The first kappa shape index (κ1) is 21.4. The molecule has 0 spiro atoms. The summed E-state index contributed by atoms with van der Waals surface area (Å²) in [5.41, 5.74) is 2.28. The molecule has 1 aromatic heterocycles. The number of methoxy groups -OCH3 is 1. The average Bonchev–Trinajstić information content (AvgIpc) is 3.29. The number of ether oxygens (including phenoxy) is 1. The molecule has 9 nitrogen and oxygen atoms in total. The van der Waals surface area contributed by atoms with Crippen LogP contribution in [0.25, 0.3) is 11.0 Å². The number of carbonyl (C=O) groups excluding carboxylic acids is 3. The van der Waals surface area contributed by atoms with Gasteiger partial charge in [-0.1, -0.05) is 12.1 Å². The Morgan fingerprint density at radius 1 is 1.16 bits per heavy atom. The van der Waals surface area contributed by atoms with Gasteiger partial charge in [0.1, 0.15) is 17.6 Å². The van der Waals surface area contributed by atoms with Crippen LogP contribution in [0.3, 0.4) is 0 Å². The van der Waals surface area contributed by atoms with Crippen LogP contribution in [0.15, 0.2) is 48.5 Å². The second-order valence-corrected chi connectivity index (χ2v) is 7.84. The van der Waals surface area contributed by atoms with E-state index in [4.69, 9.17) is 4.74 Å². The van der Waals surface area contributed by atoms with Crippen molar-refractivity contribution < 1.29 is 19.1 Å². The molecule has 2 heterocycles. The summed E-state index contributed by atoms with van der Waals surface area (Å²) in [6.07, 6.45) is -0.154. The molecule has 2 N–H and O–H groups in total. The number of para-hydroxylation sites is 2. The fourth-order valence-corrected chi connectivity index (χ4v) is 3.88. The van der Waals surface area contributed by atoms with E-state index in [9.17, 15) is 14.4 Å². The van der Waals surface area contributed by atoms with Crippen molar-refractivity contribution >= 4 is 34.6 Å². The molecule has 0 aliphatic carbocycles. The Hall–Kier alpha value is -3.88. The number of amides is 4. The lowest BCUT2D eigenvalue weighted by atomic mass is 10.2. The molecule has 1 aliphatic rings. The molecule has 1 saturated heterocycles. The van der Waals surface area contributed by atoms with Crippen molar-refractivity contribution in [1.29, 1.82) is 0 Å². The van der Waals surface area contributed by atoms with Crippen LogP contribution < -0.4 is 20.3 Å². The number of hydrogen-bond acceptors (Lipinski definition) is 5. The Labute approximate surface area is 185 Å². The maximum absolute atomic E-state index is 12.8. The average molecular weight is 435 g/mol. The highest BCUT2D eigenvalue weighted by Gasteiger charge is 2.40. The van der Waals surface area contributed by atoms with Gasteiger partial charge in [-0.3, -0.25) is 9.59 Å². The number of carbonyl (C=O) groups is 3. The van der Waals surface area contributed by atoms with E-state index < -0.39 is 18.0 Å². The molecule has 3 aromatic rings. The van der Waals surface area contributed by atoms with Crippen LogP contribution in [-0.4, -0.2) is 40.5 Å². The van der Waals surface area contributed by atoms with Crippen LogP contribution in [0.5, 0.6) is 5.75 Å². The van der Waals surface area contributed by atoms with Gasteiger partial charge in [-0.25, -0.2) is 14.7 Å². The van der Waals surface area contributed by atoms with E-state index >= 15 is 0 Å². The number of benzene rings is 2. The Morgan fingerprint density at radius 2 is 1.88 bits per heavy atom. The summed E-state index contributed by atoms with van der Waals surface area (Å²) in [4.78, 5) is 43.3. The number of hydrogen-bond donors (Lipinski definition) is 2. The number of imidazole rings is 1. The third-order valence-electron chi connectivity index (χ3n) is 5.37. The van der Waals surface area contributed by atoms with E-state index in [0.29, 0.717) is 11.4 Å². The molecule has 9 heteroatoms. The quantitative estimate of drug-likeness (QED) is 0.555. The highest BCUT2D eigenvalue weighted by Crippen LogP contribution is 2.24. The molecule has 4 amide bonds. The highest BCUT2D eigenvalue weighted by molar-refractivity contribution is 6.22. The molecular formula is C23H25N5O4. The van der Waals surface area contributed by atoms with Gasteiger partial charge in [0.2, 0.25) is 5.91 Å². The van der Waals surface area contributed by atoms with Gasteiger partial charge in [-0.15, -0.1) is 0 Å². The molecule has 32 heavy (non-hydrogen) atoms. The normalized spacial score (nSPS) is 16.0. The second kappa shape index (κ2) is 8.70. The van der Waals surface area contributed by atoms with Crippen molar-refractivity contribution in [2.45, 2.75) is 38.9 Å². The Kier molecular flexibility index (Phi) is 5.81. The number of nitrogens with one attached hydrogen (secondary N) is 2. The number of imide groups is 1. The molecule has 1 fully saturated rings. The van der Waals surface area contributed by atoms with Crippen LogP contribution in [0.2, 0.25) is 0 Å². The van der Waals surface area contributed by atoms with E-state index in [1.54, 1.807) is 24.3 Å². The minimum absolute atomic E-state index is 0.154. The van der Waals surface area contributed by atoms with Gasteiger partial charge in [-0.05, 0) is 50.2 Å². The number of anilines is 1. The maximum Gasteiger partial charge on any atom is 0.329 e. The lowest BCUT2D eigenvalue weighted by molar-refractivity contribution is -0.125. The molecule has 0 radical (unpaired) electrons. The van der Waals surface area contributed by atoms with Crippen molar-refractivity contribution in [3.05, 3.63) is 54.4 Å². The lowest BCUT2D eigenvalue weighted by Gasteiger charge is -2.14. The fourth-order valence-electron chi connectivity index (χ4n) is 3.88. The van der Waals surface area contributed by atoms with Gasteiger partial charge in [0, 0.05) is 6.04 Å². The van der Waals surface area contributed by atoms with Gasteiger partial charge >= 0.3 is 6.03 Å². The first-order valence-corrected chi connectivity index (χ1v) is 10.4. The molecule has 166 valence electrons. The SMILES string of the molecule is COc1ccc(N2C(=O)N[C@H](CC(=O)NCc3nc4ccccc4n3C(C)C)C2=O)cc1. The summed E-state index contributed by atoms with van der Waals surface area (Å²) >= 11 is 0. The van der Waals surface area contributed by atoms with E-state index in [0.717, 1.165) is 21.8 Å². The summed E-state index contributed by atoms with van der Waals surface area (Å²) in [6.45, 7) is 4.34. The van der Waals surface area contributed by atoms with Crippen LogP contribution in [0, 0.1) is 0 Å². The minimum Gasteiger partial charge on any atom is -0.497 e. The topological polar surface area (TPSA) is 106 Å². The molecule has 0 unspecified atom stereocenters. The smallest absolute Gasteiger partial charge is 0.329 e. The largest absolute Gasteiger partial charge is 0.497 e. The Balaban J connectivity index is 1.41. The lowest BCUT2D eigenvalue weighted by Crippen LogP contribution is -2.36. The standard InChI is InChI=1S/C23H25N5O4/c1-14(2)27-19-7-5-4-6-17(19)25-20(27)13-24-21(29)12-18-22(30)28(23(31)26-18)15-8-10-16(32-3)11-9-15/h4-11,14,18H,12-13H2,1-3H3,(H,24,29)(H,26,31)/t18-/m1/s1. The van der Waals surface area contributed by atoms with Gasteiger partial charge in [0.05, 0.1) is 36.8 Å². The third kappa shape index (κ3) is 4.01. The minimum atomic E-state index is -0.923. The van der Waals surface area contributed by atoms with Crippen molar-refractivity contribution in [2.24, 2.45) is 0 Å². The van der Waals surface area contributed by atoms with Crippen LogP contribution >= 0.6 is 0 Å². The molecule has 0 saturated carbocycles. The summed E-state index contributed by atoms with van der Waals surface area (Å²) in [5, 5.41) is 5.41. The summed E-state index contributed by atoms with van der Waals surface area (Å²) in [7, 11) is 1.54. The molecule has 1 aliphatic heterocycles. The van der Waals surface area contributed by atoms with Gasteiger partial charge in [0.25, 0.3) is 5.91 Å². The van der Waals surface area contributed by atoms with Gasteiger partial charge in [-0.2, -0.15) is 0 Å².